The van der Waals surface area contributed by atoms with Crippen LogP contribution in [0.1, 0.15) is 10.4 Å². The first-order chi connectivity index (χ1) is 10.6. The predicted molar refractivity (Wildman–Crippen MR) is 81.3 cm³/mol. The lowest BCUT2D eigenvalue weighted by atomic mass is 10.1. The van der Waals surface area contributed by atoms with Gasteiger partial charge in [0.1, 0.15) is 0 Å². The maximum absolute atomic E-state index is 12.1. The second-order valence-corrected chi connectivity index (χ2v) is 4.56. The molecule has 7 nitrogen and oxygen atoms in total. The summed E-state index contributed by atoms with van der Waals surface area (Å²) in [4.78, 5) is 34.7. The van der Waals surface area contributed by atoms with Gasteiger partial charge in [-0.15, -0.1) is 0 Å². The van der Waals surface area contributed by atoms with Crippen LogP contribution in [0.4, 0.5) is 5.95 Å². The molecule has 0 saturated heterocycles. The molecule has 0 aliphatic heterocycles. The van der Waals surface area contributed by atoms with E-state index < -0.39 is 11.5 Å². The number of benzene rings is 1. The van der Waals surface area contributed by atoms with E-state index in [4.69, 9.17) is 10.5 Å². The van der Waals surface area contributed by atoms with Gasteiger partial charge in [0, 0.05) is 5.56 Å². The van der Waals surface area contributed by atoms with Gasteiger partial charge in [-0.25, -0.2) is 9.78 Å². The van der Waals surface area contributed by atoms with Crippen molar-refractivity contribution in [2.75, 3.05) is 12.8 Å². The van der Waals surface area contributed by atoms with E-state index in [-0.39, 0.29) is 22.5 Å². The fraction of sp³-hybridized carbons (Fsp3) is 0.0667. The van der Waals surface area contributed by atoms with Gasteiger partial charge in [-0.1, -0.05) is 30.3 Å². The summed E-state index contributed by atoms with van der Waals surface area (Å²) in [6.45, 7) is 0. The number of nitrogen functional groups attached to an aromatic ring is 1. The van der Waals surface area contributed by atoms with Gasteiger partial charge >= 0.3 is 5.97 Å². The Balaban J connectivity index is 2.38. The van der Waals surface area contributed by atoms with E-state index in [0.717, 1.165) is 5.56 Å². The zero-order chi connectivity index (χ0) is 15.7. The maximum Gasteiger partial charge on any atom is 0.338 e. The van der Waals surface area contributed by atoms with E-state index in [9.17, 15) is 9.59 Å². The smallest absolute Gasteiger partial charge is 0.338 e. The van der Waals surface area contributed by atoms with Gasteiger partial charge < -0.3 is 10.5 Å². The fourth-order valence-electron chi connectivity index (χ4n) is 2.18. The first kappa shape index (κ1) is 13.7. The number of methoxy groups -OCH3 is 1. The third-order valence-electron chi connectivity index (χ3n) is 3.17. The number of rotatable bonds is 2. The highest BCUT2D eigenvalue weighted by Crippen LogP contribution is 2.22. The zero-order valence-electron chi connectivity index (χ0n) is 11.7. The Bertz CT molecular complexity index is 919. The molecule has 2 heterocycles. The molecule has 0 fully saturated rings. The minimum Gasteiger partial charge on any atom is -0.465 e. The molecule has 0 aliphatic carbocycles. The van der Waals surface area contributed by atoms with Gasteiger partial charge in [-0.3, -0.25) is 9.78 Å². The summed E-state index contributed by atoms with van der Waals surface area (Å²) in [6.07, 6.45) is 0. The zero-order valence-corrected chi connectivity index (χ0v) is 11.7. The van der Waals surface area contributed by atoms with Gasteiger partial charge in [-0.05, 0) is 6.07 Å². The topological polar surface area (TPSA) is 111 Å². The van der Waals surface area contributed by atoms with Crippen molar-refractivity contribution in [1.82, 2.24) is 15.0 Å². The third kappa shape index (κ3) is 2.28. The monoisotopic (exact) mass is 296 g/mol. The molecule has 0 bridgehead atoms. The Morgan fingerprint density at radius 1 is 1.23 bits per heavy atom. The summed E-state index contributed by atoms with van der Waals surface area (Å²) in [5.41, 5.74) is 6.51. The summed E-state index contributed by atoms with van der Waals surface area (Å²) in [5.74, 6) is -0.701. The average Bonchev–Trinajstić information content (AvgIpc) is 2.53. The molecular weight excluding hydrogens is 284 g/mol. The average molecular weight is 296 g/mol. The number of nitrogens with two attached hydrogens (primary N) is 1. The predicted octanol–water partition coefficient (Wildman–Crippen LogP) is 1.35. The number of hydrogen-bond acceptors (Lipinski definition) is 6. The number of hydrogen-bond donors (Lipinski definition) is 2. The fourth-order valence-corrected chi connectivity index (χ4v) is 2.18. The van der Waals surface area contributed by atoms with Crippen LogP contribution in [0.15, 0.2) is 41.2 Å². The van der Waals surface area contributed by atoms with Crippen LogP contribution in [0, 0.1) is 0 Å². The Hall–Kier alpha value is -3.22. The number of esters is 1. The highest BCUT2D eigenvalue weighted by atomic mass is 16.5. The molecular formula is C15H12N4O3. The van der Waals surface area contributed by atoms with Crippen molar-refractivity contribution in [3.63, 3.8) is 0 Å². The van der Waals surface area contributed by atoms with E-state index in [1.54, 1.807) is 0 Å². The number of carbonyl (C=O) groups is 1. The minimum absolute atomic E-state index is 0.0562. The Kier molecular flexibility index (Phi) is 3.30. The van der Waals surface area contributed by atoms with Gasteiger partial charge in [0.2, 0.25) is 5.95 Å². The number of fused-ring (bicyclic) bond motifs is 1. The molecule has 3 aromatic rings. The Morgan fingerprint density at radius 3 is 2.64 bits per heavy atom. The Labute approximate surface area is 124 Å². The van der Waals surface area contributed by atoms with Crippen LogP contribution in [-0.2, 0) is 4.74 Å². The highest BCUT2D eigenvalue weighted by molar-refractivity contribution is 6.03. The molecule has 0 aliphatic rings. The lowest BCUT2D eigenvalue weighted by Gasteiger charge is -2.07. The Morgan fingerprint density at radius 2 is 1.95 bits per heavy atom. The molecule has 2 aromatic heterocycles. The molecule has 7 heteroatoms. The second-order valence-electron chi connectivity index (χ2n) is 4.56. The molecule has 3 N–H and O–H groups in total. The van der Waals surface area contributed by atoms with Crippen molar-refractivity contribution < 1.29 is 9.53 Å². The number of carbonyl (C=O) groups excluding carboxylic acids is 1. The number of pyridine rings is 1. The van der Waals surface area contributed by atoms with Gasteiger partial charge in [0.05, 0.1) is 23.8 Å². The number of ether oxygens (including phenoxy) is 1. The third-order valence-corrected chi connectivity index (χ3v) is 3.17. The van der Waals surface area contributed by atoms with Crippen LogP contribution in [0.5, 0.6) is 0 Å². The molecule has 0 spiro atoms. The molecule has 0 amide bonds. The van der Waals surface area contributed by atoms with Crippen LogP contribution < -0.4 is 11.3 Å². The normalized spacial score (nSPS) is 10.6. The van der Waals surface area contributed by atoms with Crippen LogP contribution in [0.3, 0.4) is 0 Å². The second kappa shape index (κ2) is 5.28. The summed E-state index contributed by atoms with van der Waals surface area (Å²) >= 11 is 0. The lowest BCUT2D eigenvalue weighted by Crippen LogP contribution is -2.16. The van der Waals surface area contributed by atoms with Gasteiger partial charge in [0.25, 0.3) is 5.56 Å². The van der Waals surface area contributed by atoms with Gasteiger partial charge in [0.15, 0.2) is 5.65 Å². The van der Waals surface area contributed by atoms with E-state index in [2.05, 4.69) is 15.0 Å². The maximum atomic E-state index is 12.1. The number of aromatic amines is 1. The van der Waals surface area contributed by atoms with Crippen LogP contribution in [-0.4, -0.2) is 28.0 Å². The number of nitrogens with zero attached hydrogens (tertiary/aromatic N) is 2. The summed E-state index contributed by atoms with van der Waals surface area (Å²) in [7, 11) is 1.25. The van der Waals surface area contributed by atoms with Crippen LogP contribution in [0.25, 0.3) is 22.3 Å². The van der Waals surface area contributed by atoms with Crippen LogP contribution >= 0.6 is 0 Å². The molecule has 0 radical (unpaired) electrons. The standard InChI is InChI=1S/C15H12N4O3/c1-22-14(21)9-7-10(8-5-3-2-4-6-8)17-12-11(9)13(20)19-15(16)18-12/h2-7H,1H3,(H3,16,17,18,19,20). The number of H-pyrrole nitrogens is 1. The van der Waals surface area contributed by atoms with Crippen molar-refractivity contribution in [1.29, 1.82) is 0 Å². The molecule has 3 rings (SSSR count). The number of aromatic nitrogens is 3. The van der Waals surface area contributed by atoms with Crippen molar-refractivity contribution >= 4 is 23.0 Å². The van der Waals surface area contributed by atoms with Gasteiger partial charge in [-0.2, -0.15) is 4.98 Å². The first-order valence-corrected chi connectivity index (χ1v) is 6.44. The van der Waals surface area contributed by atoms with Crippen LogP contribution in [0.2, 0.25) is 0 Å². The quantitative estimate of drug-likeness (QED) is 0.691. The molecule has 1 aromatic carbocycles. The van der Waals surface area contributed by atoms with E-state index in [1.165, 1.54) is 13.2 Å². The molecule has 0 atom stereocenters. The SMILES string of the molecule is COC(=O)c1cc(-c2ccccc2)nc2nc(N)[nH]c(=O)c12. The van der Waals surface area contributed by atoms with E-state index >= 15 is 0 Å². The number of anilines is 1. The van der Waals surface area contributed by atoms with E-state index in [0.29, 0.717) is 5.69 Å². The minimum atomic E-state index is -0.637. The largest absolute Gasteiger partial charge is 0.465 e. The van der Waals surface area contributed by atoms with E-state index in [1.807, 2.05) is 30.3 Å². The number of nitrogens with one attached hydrogen (secondary N) is 1. The molecule has 0 unspecified atom stereocenters. The summed E-state index contributed by atoms with van der Waals surface area (Å²) in [6, 6.07) is 10.7. The summed E-state index contributed by atoms with van der Waals surface area (Å²) in [5, 5.41) is 0.0562. The van der Waals surface area contributed by atoms with Crippen molar-refractivity contribution in [2.24, 2.45) is 0 Å². The van der Waals surface area contributed by atoms with Crippen molar-refractivity contribution in [3.05, 3.63) is 52.3 Å². The molecule has 110 valence electrons. The summed E-state index contributed by atoms with van der Waals surface area (Å²) < 4.78 is 4.74. The van der Waals surface area contributed by atoms with Crippen molar-refractivity contribution in [2.45, 2.75) is 0 Å². The van der Waals surface area contributed by atoms with Crippen molar-refractivity contribution in [3.8, 4) is 11.3 Å². The molecule has 22 heavy (non-hydrogen) atoms. The highest BCUT2D eigenvalue weighted by Gasteiger charge is 2.18. The molecule has 0 saturated carbocycles. The first-order valence-electron chi connectivity index (χ1n) is 6.44. The lowest BCUT2D eigenvalue weighted by molar-refractivity contribution is 0.0603.